The Hall–Kier alpha value is -2.48. The van der Waals surface area contributed by atoms with E-state index in [9.17, 15) is 0 Å². The van der Waals surface area contributed by atoms with Gasteiger partial charge in [-0.05, 0) is 31.5 Å². The Balaban J connectivity index is 2.06. The zero-order valence-corrected chi connectivity index (χ0v) is 11.5. The summed E-state index contributed by atoms with van der Waals surface area (Å²) in [6.07, 6.45) is 0. The molecule has 4 aromatic rings. The summed E-state index contributed by atoms with van der Waals surface area (Å²) in [6, 6.07) is 16.5. The van der Waals surface area contributed by atoms with Crippen LogP contribution in [0.1, 0.15) is 11.1 Å². The fourth-order valence-electron chi connectivity index (χ4n) is 2.92. The predicted octanol–water partition coefficient (Wildman–Crippen LogP) is 5.20. The number of hydrogen-bond donors (Lipinski definition) is 1. The lowest BCUT2D eigenvalue weighted by Gasteiger charge is -1.97. The van der Waals surface area contributed by atoms with Crippen molar-refractivity contribution in [1.29, 1.82) is 0 Å². The Morgan fingerprint density at radius 3 is 2.25 bits per heavy atom. The molecule has 0 bridgehead atoms. The summed E-state index contributed by atoms with van der Waals surface area (Å²) < 4.78 is 6.06. The van der Waals surface area contributed by atoms with Gasteiger partial charge in [-0.1, -0.05) is 36.4 Å². The molecule has 0 aliphatic heterocycles. The number of aromatic amines is 1. The third-order valence-electron chi connectivity index (χ3n) is 4.04. The van der Waals surface area contributed by atoms with Crippen LogP contribution in [0, 0.1) is 13.8 Å². The Morgan fingerprint density at radius 2 is 1.50 bits per heavy atom. The van der Waals surface area contributed by atoms with Crippen LogP contribution in [0.2, 0.25) is 0 Å². The predicted molar refractivity (Wildman–Crippen MR) is 83.0 cm³/mol. The molecule has 2 aromatic carbocycles. The molecule has 0 aliphatic rings. The van der Waals surface area contributed by atoms with E-state index in [2.05, 4.69) is 43.1 Å². The monoisotopic (exact) mass is 261 g/mol. The summed E-state index contributed by atoms with van der Waals surface area (Å²) in [5.41, 5.74) is 5.61. The molecule has 0 atom stereocenters. The molecule has 0 aliphatic carbocycles. The van der Waals surface area contributed by atoms with Crippen molar-refractivity contribution in [3.63, 3.8) is 0 Å². The van der Waals surface area contributed by atoms with Crippen molar-refractivity contribution >= 4 is 21.9 Å². The van der Waals surface area contributed by atoms with E-state index in [1.54, 1.807) is 0 Å². The maximum atomic E-state index is 6.06. The van der Waals surface area contributed by atoms with Gasteiger partial charge in [0.1, 0.15) is 5.58 Å². The second kappa shape index (κ2) is 4.01. The molecule has 98 valence electrons. The van der Waals surface area contributed by atoms with Gasteiger partial charge < -0.3 is 9.40 Å². The van der Waals surface area contributed by atoms with E-state index < -0.39 is 0 Å². The highest BCUT2D eigenvalue weighted by Gasteiger charge is 2.17. The van der Waals surface area contributed by atoms with Gasteiger partial charge in [0, 0.05) is 21.9 Å². The summed E-state index contributed by atoms with van der Waals surface area (Å²) >= 11 is 0. The molecule has 0 amide bonds. The van der Waals surface area contributed by atoms with Gasteiger partial charge in [0.15, 0.2) is 5.76 Å². The maximum absolute atomic E-state index is 6.06. The minimum Gasteiger partial charge on any atom is -0.454 e. The largest absolute Gasteiger partial charge is 0.454 e. The van der Waals surface area contributed by atoms with Crippen LogP contribution in [0.25, 0.3) is 33.3 Å². The van der Waals surface area contributed by atoms with Crippen LogP contribution in [0.5, 0.6) is 0 Å². The normalized spacial score (nSPS) is 11.5. The molecule has 4 rings (SSSR count). The quantitative estimate of drug-likeness (QED) is 0.501. The van der Waals surface area contributed by atoms with Crippen LogP contribution in [0.3, 0.4) is 0 Å². The van der Waals surface area contributed by atoms with Crippen molar-refractivity contribution in [3.05, 3.63) is 59.7 Å². The molecule has 1 N–H and O–H groups in total. The van der Waals surface area contributed by atoms with Crippen LogP contribution < -0.4 is 0 Å². The SMILES string of the molecule is Cc1c(-c2oc3ccccc3c2C)[nH]c2ccccc12. The number of rotatable bonds is 1. The second-order valence-electron chi connectivity index (χ2n) is 5.22. The number of benzene rings is 2. The van der Waals surface area contributed by atoms with Crippen molar-refractivity contribution in [3.8, 4) is 11.5 Å². The molecule has 0 saturated heterocycles. The average Bonchev–Trinajstić information content (AvgIpc) is 2.98. The van der Waals surface area contributed by atoms with Gasteiger partial charge in [0.05, 0.1) is 5.69 Å². The zero-order chi connectivity index (χ0) is 13.7. The molecule has 2 aromatic heterocycles. The molecule has 0 saturated carbocycles. The van der Waals surface area contributed by atoms with Crippen molar-refractivity contribution in [2.45, 2.75) is 13.8 Å². The van der Waals surface area contributed by atoms with Crippen molar-refractivity contribution in [2.24, 2.45) is 0 Å². The number of fused-ring (bicyclic) bond motifs is 2. The fourth-order valence-corrected chi connectivity index (χ4v) is 2.92. The Bertz CT molecular complexity index is 849. The highest BCUT2D eigenvalue weighted by molar-refractivity contribution is 5.93. The number of H-pyrrole nitrogens is 1. The Kier molecular flexibility index (Phi) is 2.27. The lowest BCUT2D eigenvalue weighted by molar-refractivity contribution is 0.626. The number of furan rings is 1. The molecule has 0 fully saturated rings. The van der Waals surface area contributed by atoms with Crippen LogP contribution >= 0.6 is 0 Å². The van der Waals surface area contributed by atoms with Gasteiger partial charge in [-0.2, -0.15) is 0 Å². The molecule has 20 heavy (non-hydrogen) atoms. The molecule has 2 heteroatoms. The molecule has 0 unspecified atom stereocenters. The summed E-state index contributed by atoms with van der Waals surface area (Å²) in [6.45, 7) is 4.26. The minimum absolute atomic E-state index is 0.943. The smallest absolute Gasteiger partial charge is 0.154 e. The first-order chi connectivity index (χ1) is 9.75. The van der Waals surface area contributed by atoms with E-state index in [4.69, 9.17) is 4.42 Å². The molecular weight excluding hydrogens is 246 g/mol. The van der Waals surface area contributed by atoms with Crippen molar-refractivity contribution in [1.82, 2.24) is 4.98 Å². The van der Waals surface area contributed by atoms with Crippen LogP contribution in [0.4, 0.5) is 0 Å². The second-order valence-corrected chi connectivity index (χ2v) is 5.22. The molecule has 0 radical (unpaired) electrons. The Morgan fingerprint density at radius 1 is 0.800 bits per heavy atom. The van der Waals surface area contributed by atoms with Crippen molar-refractivity contribution < 1.29 is 4.42 Å². The first-order valence-corrected chi connectivity index (χ1v) is 6.81. The molecule has 2 heterocycles. The average molecular weight is 261 g/mol. The van der Waals surface area contributed by atoms with Crippen LogP contribution in [-0.4, -0.2) is 4.98 Å². The van der Waals surface area contributed by atoms with Gasteiger partial charge in [0.25, 0.3) is 0 Å². The van der Waals surface area contributed by atoms with E-state index in [1.807, 2.05) is 24.3 Å². The molecular formula is C18H15NO. The van der Waals surface area contributed by atoms with Gasteiger partial charge in [-0.15, -0.1) is 0 Å². The molecule has 0 spiro atoms. The van der Waals surface area contributed by atoms with Crippen molar-refractivity contribution in [2.75, 3.05) is 0 Å². The number of aromatic nitrogens is 1. The lowest BCUT2D eigenvalue weighted by Crippen LogP contribution is -1.80. The lowest BCUT2D eigenvalue weighted by atomic mass is 10.1. The van der Waals surface area contributed by atoms with E-state index in [1.165, 1.54) is 21.9 Å². The van der Waals surface area contributed by atoms with Gasteiger partial charge in [0.2, 0.25) is 0 Å². The van der Waals surface area contributed by atoms with Crippen LogP contribution in [0.15, 0.2) is 52.9 Å². The van der Waals surface area contributed by atoms with Gasteiger partial charge >= 0.3 is 0 Å². The first-order valence-electron chi connectivity index (χ1n) is 6.81. The van der Waals surface area contributed by atoms with E-state index in [0.29, 0.717) is 0 Å². The highest BCUT2D eigenvalue weighted by atomic mass is 16.3. The van der Waals surface area contributed by atoms with Gasteiger partial charge in [-0.25, -0.2) is 0 Å². The maximum Gasteiger partial charge on any atom is 0.154 e. The topological polar surface area (TPSA) is 28.9 Å². The standard InChI is InChI=1S/C18H15NO/c1-11-13-7-3-5-9-15(13)19-17(11)18-12(2)14-8-4-6-10-16(14)20-18/h3-10,19H,1-2H3. The number of nitrogens with one attached hydrogen (secondary N) is 1. The summed E-state index contributed by atoms with van der Waals surface area (Å²) in [5, 5.41) is 2.43. The van der Waals surface area contributed by atoms with Crippen LogP contribution in [-0.2, 0) is 0 Å². The summed E-state index contributed by atoms with van der Waals surface area (Å²) in [5.74, 6) is 0.944. The zero-order valence-electron chi connectivity index (χ0n) is 11.5. The minimum atomic E-state index is 0.943. The third-order valence-corrected chi connectivity index (χ3v) is 4.04. The first kappa shape index (κ1) is 11.4. The summed E-state index contributed by atoms with van der Waals surface area (Å²) in [7, 11) is 0. The number of aryl methyl sites for hydroxylation is 2. The van der Waals surface area contributed by atoms with E-state index >= 15 is 0 Å². The highest BCUT2D eigenvalue weighted by Crippen LogP contribution is 2.36. The van der Waals surface area contributed by atoms with E-state index in [0.717, 1.165) is 22.6 Å². The van der Waals surface area contributed by atoms with E-state index in [-0.39, 0.29) is 0 Å². The fraction of sp³-hybridized carbons (Fsp3) is 0.111. The van der Waals surface area contributed by atoms with Gasteiger partial charge in [-0.3, -0.25) is 0 Å². The Labute approximate surface area is 117 Å². The third kappa shape index (κ3) is 1.45. The molecule has 2 nitrogen and oxygen atoms in total. The number of para-hydroxylation sites is 2. The number of hydrogen-bond acceptors (Lipinski definition) is 1. The summed E-state index contributed by atoms with van der Waals surface area (Å²) in [4.78, 5) is 3.49.